The molecule has 6 nitrogen and oxygen atoms in total. The second-order valence-electron chi connectivity index (χ2n) is 7.66. The summed E-state index contributed by atoms with van der Waals surface area (Å²) >= 11 is 0. The minimum absolute atomic E-state index is 0. The van der Waals surface area contributed by atoms with E-state index in [4.69, 9.17) is 20.2 Å². The number of morpholine rings is 1. The van der Waals surface area contributed by atoms with Gasteiger partial charge in [0, 0.05) is 24.3 Å². The van der Waals surface area contributed by atoms with Gasteiger partial charge in [-0.25, -0.2) is 4.99 Å². The minimum Gasteiger partial charge on any atom is -0.497 e. The first-order chi connectivity index (χ1) is 14.2. The summed E-state index contributed by atoms with van der Waals surface area (Å²) in [6, 6.07) is 15.0. The molecule has 1 saturated heterocycles. The van der Waals surface area contributed by atoms with Crippen LogP contribution >= 0.6 is 12.4 Å². The number of aryl methyl sites for hydroxylation is 1. The van der Waals surface area contributed by atoms with E-state index in [1.54, 1.807) is 7.11 Å². The number of nitrogens with zero attached hydrogens (tertiary/aromatic N) is 2. The van der Waals surface area contributed by atoms with E-state index in [-0.39, 0.29) is 18.4 Å². The van der Waals surface area contributed by atoms with E-state index in [1.807, 2.05) is 6.07 Å². The summed E-state index contributed by atoms with van der Waals surface area (Å²) in [4.78, 5) is 7.12. The van der Waals surface area contributed by atoms with E-state index in [2.05, 4.69) is 46.6 Å². The lowest BCUT2D eigenvalue weighted by atomic mass is 9.83. The third-order valence-electron chi connectivity index (χ3n) is 6.01. The fourth-order valence-electron chi connectivity index (χ4n) is 4.46. The zero-order valence-corrected chi connectivity index (χ0v) is 17.9. The van der Waals surface area contributed by atoms with Crippen molar-refractivity contribution in [1.29, 1.82) is 0 Å². The first kappa shape index (κ1) is 20.6. The predicted molar refractivity (Wildman–Crippen MR) is 122 cm³/mol. The van der Waals surface area contributed by atoms with Crippen LogP contribution in [-0.2, 0) is 11.2 Å². The van der Waals surface area contributed by atoms with Crippen molar-refractivity contribution in [1.82, 2.24) is 5.32 Å². The molecule has 0 radical (unpaired) electrons. The quantitative estimate of drug-likeness (QED) is 0.788. The summed E-state index contributed by atoms with van der Waals surface area (Å²) in [6.45, 7) is 3.45. The van der Waals surface area contributed by atoms with Gasteiger partial charge in [-0.2, -0.15) is 0 Å². The largest absolute Gasteiger partial charge is 0.497 e. The van der Waals surface area contributed by atoms with Crippen LogP contribution in [0.2, 0.25) is 0 Å². The lowest BCUT2D eigenvalue weighted by Crippen LogP contribution is -2.37. The number of methoxy groups -OCH3 is 1. The SMILES string of the molecule is COc1ccc2c(c1)C1=C(CC2)C(c2ccc(N3CCOCC3)cc2)N=C(N)N1.Cl. The molecular weight excluding hydrogens is 400 g/mol. The van der Waals surface area contributed by atoms with Crippen molar-refractivity contribution < 1.29 is 9.47 Å². The third-order valence-corrected chi connectivity index (χ3v) is 6.01. The Morgan fingerprint density at radius 2 is 1.87 bits per heavy atom. The van der Waals surface area contributed by atoms with Crippen LogP contribution < -0.4 is 20.7 Å². The van der Waals surface area contributed by atoms with Gasteiger partial charge in [-0.1, -0.05) is 18.2 Å². The zero-order chi connectivity index (χ0) is 19.8. The number of guanidine groups is 1. The van der Waals surface area contributed by atoms with Gasteiger partial charge >= 0.3 is 0 Å². The number of anilines is 1. The van der Waals surface area contributed by atoms with Crippen LogP contribution in [0.1, 0.15) is 29.2 Å². The van der Waals surface area contributed by atoms with Crippen LogP contribution in [0.15, 0.2) is 53.0 Å². The van der Waals surface area contributed by atoms with Gasteiger partial charge < -0.3 is 25.4 Å². The number of hydrogen-bond donors (Lipinski definition) is 2. The van der Waals surface area contributed by atoms with Crippen LogP contribution in [0.25, 0.3) is 5.70 Å². The minimum atomic E-state index is -0.0515. The monoisotopic (exact) mass is 426 g/mol. The maximum absolute atomic E-state index is 6.20. The molecule has 0 amide bonds. The summed E-state index contributed by atoms with van der Waals surface area (Å²) in [5, 5.41) is 3.32. The molecule has 3 N–H and O–H groups in total. The Kier molecular flexibility index (Phi) is 5.88. The number of nitrogens with one attached hydrogen (secondary N) is 1. The van der Waals surface area contributed by atoms with E-state index in [0.29, 0.717) is 5.96 Å². The molecule has 1 aliphatic carbocycles. The van der Waals surface area contributed by atoms with Gasteiger partial charge in [0.15, 0.2) is 5.96 Å². The molecule has 0 saturated carbocycles. The van der Waals surface area contributed by atoms with E-state index >= 15 is 0 Å². The van der Waals surface area contributed by atoms with E-state index in [9.17, 15) is 0 Å². The highest BCUT2D eigenvalue weighted by atomic mass is 35.5. The Morgan fingerprint density at radius 1 is 1.10 bits per heavy atom. The van der Waals surface area contributed by atoms with Crippen LogP contribution in [0, 0.1) is 0 Å². The number of rotatable bonds is 3. The Bertz CT molecular complexity index is 981. The summed E-state index contributed by atoms with van der Waals surface area (Å²) in [6.07, 6.45) is 1.96. The van der Waals surface area contributed by atoms with Crippen molar-refractivity contribution in [3.63, 3.8) is 0 Å². The predicted octanol–water partition coefficient (Wildman–Crippen LogP) is 3.27. The fourth-order valence-corrected chi connectivity index (χ4v) is 4.46. The normalized spacial score (nSPS) is 20.4. The van der Waals surface area contributed by atoms with Gasteiger partial charge in [-0.15, -0.1) is 12.4 Å². The standard InChI is InChI=1S/C23H26N4O2.ClH/c1-28-18-8-4-15-5-9-19-21(25-23(24)26-22(19)20(15)14-18)16-2-6-17(7-3-16)27-10-12-29-13-11-27;/h2-4,6-8,14,21H,5,9-13H2,1H3,(H3,24,25,26);1H. The molecule has 0 bridgehead atoms. The Labute approximate surface area is 183 Å². The van der Waals surface area contributed by atoms with Crippen LogP contribution in [0.3, 0.4) is 0 Å². The van der Waals surface area contributed by atoms with Crippen LogP contribution in [0.4, 0.5) is 5.69 Å². The lowest BCUT2D eigenvalue weighted by Gasteiger charge is -2.32. The van der Waals surface area contributed by atoms with Gasteiger partial charge in [-0.3, -0.25) is 0 Å². The van der Waals surface area contributed by atoms with Gasteiger partial charge in [-0.05, 0) is 53.8 Å². The van der Waals surface area contributed by atoms with E-state index in [0.717, 1.165) is 50.6 Å². The molecule has 1 fully saturated rings. The molecule has 158 valence electrons. The highest BCUT2D eigenvalue weighted by Crippen LogP contribution is 2.41. The first-order valence-corrected chi connectivity index (χ1v) is 10.2. The summed E-state index contributed by atoms with van der Waals surface area (Å²) < 4.78 is 10.9. The Hall–Kier alpha value is -2.70. The molecule has 1 atom stereocenters. The molecule has 30 heavy (non-hydrogen) atoms. The number of nitrogens with two attached hydrogens (primary N) is 1. The molecule has 3 aliphatic rings. The highest BCUT2D eigenvalue weighted by molar-refractivity contribution is 5.93. The maximum atomic E-state index is 6.20. The van der Waals surface area contributed by atoms with Crippen molar-refractivity contribution in [2.45, 2.75) is 18.9 Å². The van der Waals surface area contributed by atoms with Gasteiger partial charge in [0.2, 0.25) is 0 Å². The first-order valence-electron chi connectivity index (χ1n) is 10.2. The molecule has 5 rings (SSSR count). The van der Waals surface area contributed by atoms with Crippen molar-refractivity contribution in [2.24, 2.45) is 10.7 Å². The van der Waals surface area contributed by atoms with Crippen molar-refractivity contribution >= 4 is 29.8 Å². The fraction of sp³-hybridized carbons (Fsp3) is 0.348. The number of hydrogen-bond acceptors (Lipinski definition) is 6. The molecule has 2 heterocycles. The number of ether oxygens (including phenoxy) is 2. The van der Waals surface area contributed by atoms with E-state index in [1.165, 1.54) is 28.0 Å². The van der Waals surface area contributed by atoms with E-state index < -0.39 is 0 Å². The number of benzene rings is 2. The molecule has 0 aromatic heterocycles. The Balaban J connectivity index is 0.00000218. The van der Waals surface area contributed by atoms with Crippen molar-refractivity contribution in [3.8, 4) is 5.75 Å². The van der Waals surface area contributed by atoms with Gasteiger partial charge in [0.1, 0.15) is 11.8 Å². The lowest BCUT2D eigenvalue weighted by molar-refractivity contribution is 0.122. The van der Waals surface area contributed by atoms with Crippen molar-refractivity contribution in [3.05, 3.63) is 64.7 Å². The summed E-state index contributed by atoms with van der Waals surface area (Å²) in [5.74, 6) is 1.31. The molecule has 2 aromatic rings. The molecule has 1 unspecified atom stereocenters. The average Bonchev–Trinajstić information content (AvgIpc) is 2.79. The number of halogens is 1. The summed E-state index contributed by atoms with van der Waals surface area (Å²) in [7, 11) is 1.70. The Morgan fingerprint density at radius 3 is 2.60 bits per heavy atom. The molecule has 2 aromatic carbocycles. The van der Waals surface area contributed by atoms with Crippen LogP contribution in [0.5, 0.6) is 5.75 Å². The third kappa shape index (κ3) is 3.73. The average molecular weight is 427 g/mol. The second kappa shape index (κ2) is 8.58. The smallest absolute Gasteiger partial charge is 0.194 e. The molecule has 7 heteroatoms. The highest BCUT2D eigenvalue weighted by Gasteiger charge is 2.30. The number of fused-ring (bicyclic) bond motifs is 2. The molecule has 0 spiro atoms. The number of aliphatic imine (C=N–C) groups is 1. The topological polar surface area (TPSA) is 72.1 Å². The maximum Gasteiger partial charge on any atom is 0.194 e. The molecule has 2 aliphatic heterocycles. The summed E-state index contributed by atoms with van der Waals surface area (Å²) in [5.41, 5.74) is 13.5. The van der Waals surface area contributed by atoms with Gasteiger partial charge in [0.25, 0.3) is 0 Å². The second-order valence-corrected chi connectivity index (χ2v) is 7.66. The van der Waals surface area contributed by atoms with Crippen LogP contribution in [-0.4, -0.2) is 39.4 Å². The molecular formula is C23H27ClN4O2. The van der Waals surface area contributed by atoms with Crippen molar-refractivity contribution in [2.75, 3.05) is 38.3 Å². The van der Waals surface area contributed by atoms with Gasteiger partial charge in [0.05, 0.1) is 26.0 Å². The zero-order valence-electron chi connectivity index (χ0n) is 17.1.